The van der Waals surface area contributed by atoms with Gasteiger partial charge in [-0.2, -0.15) is 0 Å². The van der Waals surface area contributed by atoms with Crippen LogP contribution in [0.3, 0.4) is 0 Å². The molecule has 0 saturated carbocycles. The zero-order valence-corrected chi connectivity index (χ0v) is 14.9. The number of morpholine rings is 1. The Labute approximate surface area is 149 Å². The van der Waals surface area contributed by atoms with E-state index < -0.39 is 0 Å². The molecule has 134 valence electrons. The van der Waals surface area contributed by atoms with Crippen molar-refractivity contribution in [2.75, 3.05) is 24.7 Å². The molecule has 0 radical (unpaired) electrons. The van der Waals surface area contributed by atoms with Crippen LogP contribution in [0.4, 0.5) is 4.39 Å². The fourth-order valence-corrected chi connectivity index (χ4v) is 3.56. The van der Waals surface area contributed by atoms with E-state index >= 15 is 0 Å². The minimum atomic E-state index is -0.375. The zero-order valence-electron chi connectivity index (χ0n) is 14.1. The molecule has 1 saturated heterocycles. The molecule has 0 spiro atoms. The second-order valence-electron chi connectivity index (χ2n) is 6.03. The first-order valence-electron chi connectivity index (χ1n) is 7.96. The molecule has 7 nitrogen and oxygen atoms in total. The number of aromatic nitrogens is 3. The number of nitrogens with two attached hydrogens (primary N) is 1. The van der Waals surface area contributed by atoms with Gasteiger partial charge in [0.15, 0.2) is 5.82 Å². The van der Waals surface area contributed by atoms with Gasteiger partial charge in [-0.1, -0.05) is 23.9 Å². The standard InChI is InChI=1S/C16H20FN5O2S/c1-10-7-21(8-11(2)24-10)14(23)9-25-16-20-19-15(22(16)18)12-4-3-5-13(17)6-12/h3-6,10-11H,7-9,18H2,1-2H3/t10-,11-/m1/s1. The van der Waals surface area contributed by atoms with Crippen molar-refractivity contribution >= 4 is 17.7 Å². The lowest BCUT2D eigenvalue weighted by molar-refractivity contribution is -0.140. The molecule has 2 N–H and O–H groups in total. The maximum absolute atomic E-state index is 13.4. The summed E-state index contributed by atoms with van der Waals surface area (Å²) in [7, 11) is 0. The van der Waals surface area contributed by atoms with Gasteiger partial charge in [0.2, 0.25) is 11.1 Å². The molecule has 25 heavy (non-hydrogen) atoms. The second-order valence-corrected chi connectivity index (χ2v) is 6.97. The Morgan fingerprint density at radius 3 is 2.76 bits per heavy atom. The number of carbonyl (C=O) groups is 1. The van der Waals surface area contributed by atoms with Crippen molar-refractivity contribution in [1.82, 2.24) is 19.8 Å². The predicted molar refractivity (Wildman–Crippen MR) is 92.9 cm³/mol. The molecule has 9 heteroatoms. The minimum Gasteiger partial charge on any atom is -0.372 e. The van der Waals surface area contributed by atoms with Crippen LogP contribution in [0.25, 0.3) is 11.4 Å². The Kier molecular flexibility index (Phi) is 5.24. The molecule has 2 heterocycles. The summed E-state index contributed by atoms with van der Waals surface area (Å²) < 4.78 is 20.3. The second kappa shape index (κ2) is 7.40. The van der Waals surface area contributed by atoms with E-state index in [2.05, 4.69) is 10.2 Å². The molecule has 3 rings (SSSR count). The Balaban J connectivity index is 1.65. The zero-order chi connectivity index (χ0) is 18.0. The molecule has 1 aliphatic rings. The lowest BCUT2D eigenvalue weighted by Gasteiger charge is -2.35. The van der Waals surface area contributed by atoms with Crippen LogP contribution >= 0.6 is 11.8 Å². The van der Waals surface area contributed by atoms with Gasteiger partial charge in [-0.05, 0) is 26.0 Å². The van der Waals surface area contributed by atoms with Gasteiger partial charge in [0.1, 0.15) is 5.82 Å². The molecule has 2 aromatic rings. The highest BCUT2D eigenvalue weighted by molar-refractivity contribution is 7.99. The lowest BCUT2D eigenvalue weighted by Crippen LogP contribution is -2.48. The highest BCUT2D eigenvalue weighted by Crippen LogP contribution is 2.23. The number of thioether (sulfide) groups is 1. The number of ether oxygens (including phenoxy) is 1. The van der Waals surface area contributed by atoms with Crippen molar-refractivity contribution in [2.45, 2.75) is 31.2 Å². The van der Waals surface area contributed by atoms with Crippen LogP contribution < -0.4 is 5.84 Å². The quantitative estimate of drug-likeness (QED) is 0.653. The van der Waals surface area contributed by atoms with Gasteiger partial charge in [0.05, 0.1) is 18.0 Å². The summed E-state index contributed by atoms with van der Waals surface area (Å²) in [5.74, 6) is 6.18. The fraction of sp³-hybridized carbons (Fsp3) is 0.438. The first-order valence-corrected chi connectivity index (χ1v) is 8.95. The first kappa shape index (κ1) is 17.7. The SMILES string of the molecule is C[C@@H]1CN(C(=O)CSc2nnc(-c3cccc(F)c3)n2N)C[C@@H](C)O1. The highest BCUT2D eigenvalue weighted by Gasteiger charge is 2.26. The number of carbonyl (C=O) groups excluding carboxylic acids is 1. The highest BCUT2D eigenvalue weighted by atomic mass is 32.2. The normalized spacial score (nSPS) is 20.7. The molecule has 1 aromatic heterocycles. The van der Waals surface area contributed by atoms with Crippen LogP contribution in [0.5, 0.6) is 0 Å². The smallest absolute Gasteiger partial charge is 0.233 e. The van der Waals surface area contributed by atoms with Crippen LogP contribution in [0, 0.1) is 5.82 Å². The van der Waals surface area contributed by atoms with E-state index in [-0.39, 0.29) is 29.7 Å². The number of nitrogens with zero attached hydrogens (tertiary/aromatic N) is 4. The van der Waals surface area contributed by atoms with Crippen molar-refractivity contribution in [1.29, 1.82) is 0 Å². The van der Waals surface area contributed by atoms with Crippen molar-refractivity contribution in [3.8, 4) is 11.4 Å². The van der Waals surface area contributed by atoms with Gasteiger partial charge in [-0.25, -0.2) is 9.07 Å². The van der Waals surface area contributed by atoms with Gasteiger partial charge in [0.25, 0.3) is 0 Å². The molecule has 2 atom stereocenters. The Morgan fingerprint density at radius 2 is 2.08 bits per heavy atom. The van der Waals surface area contributed by atoms with Crippen molar-refractivity contribution in [2.24, 2.45) is 0 Å². The minimum absolute atomic E-state index is 0.00213. The third-order valence-corrected chi connectivity index (χ3v) is 4.77. The first-order chi connectivity index (χ1) is 11.9. The Bertz CT molecular complexity index is 759. The summed E-state index contributed by atoms with van der Waals surface area (Å²) in [6, 6.07) is 5.96. The van der Waals surface area contributed by atoms with Crippen molar-refractivity contribution in [3.05, 3.63) is 30.1 Å². The number of hydrogen-bond acceptors (Lipinski definition) is 6. The Hall–Kier alpha value is -2.13. The number of amides is 1. The van der Waals surface area contributed by atoms with E-state index in [1.807, 2.05) is 13.8 Å². The third-order valence-electron chi connectivity index (χ3n) is 3.84. The van der Waals surface area contributed by atoms with Crippen LogP contribution in [0.1, 0.15) is 13.8 Å². The lowest BCUT2D eigenvalue weighted by atomic mass is 10.2. The molecule has 0 unspecified atom stereocenters. The molecule has 1 amide bonds. The van der Waals surface area contributed by atoms with Gasteiger partial charge < -0.3 is 15.5 Å². The molecule has 1 aromatic carbocycles. The van der Waals surface area contributed by atoms with Crippen molar-refractivity contribution < 1.29 is 13.9 Å². The summed E-state index contributed by atoms with van der Waals surface area (Å²) in [6.07, 6.45) is 0.0471. The summed E-state index contributed by atoms with van der Waals surface area (Å²) in [5.41, 5.74) is 0.531. The average molecular weight is 365 g/mol. The van der Waals surface area contributed by atoms with Crippen LogP contribution in [0.15, 0.2) is 29.4 Å². The largest absolute Gasteiger partial charge is 0.372 e. The number of halogens is 1. The topological polar surface area (TPSA) is 86.3 Å². The summed E-state index contributed by atoms with van der Waals surface area (Å²) in [6.45, 7) is 5.05. The molecule has 1 fully saturated rings. The number of nitrogen functional groups attached to an aromatic ring is 1. The molecular formula is C16H20FN5O2S. The number of benzene rings is 1. The predicted octanol–water partition coefficient (Wildman–Crippen LogP) is 1.53. The van der Waals surface area contributed by atoms with E-state index in [1.54, 1.807) is 17.0 Å². The van der Waals surface area contributed by atoms with Crippen LogP contribution in [0.2, 0.25) is 0 Å². The van der Waals surface area contributed by atoms with Gasteiger partial charge in [-0.15, -0.1) is 10.2 Å². The van der Waals surface area contributed by atoms with Crippen molar-refractivity contribution in [3.63, 3.8) is 0 Å². The maximum atomic E-state index is 13.4. The van der Waals surface area contributed by atoms with Gasteiger partial charge in [-0.3, -0.25) is 4.79 Å². The summed E-state index contributed by atoms with van der Waals surface area (Å²) in [4.78, 5) is 14.2. The average Bonchev–Trinajstić information content (AvgIpc) is 2.92. The number of rotatable bonds is 4. The summed E-state index contributed by atoms with van der Waals surface area (Å²) in [5, 5.41) is 8.40. The monoisotopic (exact) mass is 365 g/mol. The van der Waals surface area contributed by atoms with E-state index in [1.165, 1.54) is 28.6 Å². The van der Waals surface area contributed by atoms with Gasteiger partial charge in [0, 0.05) is 18.7 Å². The van der Waals surface area contributed by atoms with E-state index in [4.69, 9.17) is 10.6 Å². The van der Waals surface area contributed by atoms with Gasteiger partial charge >= 0.3 is 0 Å². The maximum Gasteiger partial charge on any atom is 0.233 e. The Morgan fingerprint density at radius 1 is 1.36 bits per heavy atom. The fourth-order valence-electron chi connectivity index (χ4n) is 2.80. The van der Waals surface area contributed by atoms with Crippen LogP contribution in [-0.4, -0.2) is 56.7 Å². The van der Waals surface area contributed by atoms with E-state index in [0.717, 1.165) is 0 Å². The van der Waals surface area contributed by atoms with E-state index in [0.29, 0.717) is 29.6 Å². The van der Waals surface area contributed by atoms with Crippen LogP contribution in [-0.2, 0) is 9.53 Å². The number of hydrogen-bond donors (Lipinski definition) is 1. The third kappa shape index (κ3) is 4.10. The molecule has 0 bridgehead atoms. The van der Waals surface area contributed by atoms with E-state index in [9.17, 15) is 9.18 Å². The molecule has 0 aliphatic carbocycles. The molecular weight excluding hydrogens is 345 g/mol. The molecule has 1 aliphatic heterocycles. The summed E-state index contributed by atoms with van der Waals surface area (Å²) >= 11 is 1.21.